The van der Waals surface area contributed by atoms with E-state index >= 15 is 0 Å². The second-order valence-electron chi connectivity index (χ2n) is 4.94. The molecule has 22 heavy (non-hydrogen) atoms. The van der Waals surface area contributed by atoms with Gasteiger partial charge in [-0.25, -0.2) is 5.43 Å². The monoisotopic (exact) mass is 309 g/mol. The molecule has 0 aliphatic carbocycles. The first-order valence-corrected chi connectivity index (χ1v) is 7.78. The van der Waals surface area contributed by atoms with Crippen LogP contribution in [0.5, 0.6) is 0 Å². The molecule has 110 valence electrons. The fraction of sp³-hybridized carbons (Fsp3) is 0.118. The highest BCUT2D eigenvalue weighted by molar-refractivity contribution is 7.12. The van der Waals surface area contributed by atoms with E-state index in [-0.39, 0.29) is 5.91 Å². The Kier molecular flexibility index (Phi) is 3.98. The molecule has 0 saturated carbocycles. The number of hydrogen-bond acceptors (Lipinski definition) is 4. The fourth-order valence-electron chi connectivity index (χ4n) is 2.23. The van der Waals surface area contributed by atoms with Crippen molar-refractivity contribution in [3.05, 3.63) is 64.0 Å². The number of hydrazone groups is 1. The summed E-state index contributed by atoms with van der Waals surface area (Å²) in [6.07, 6.45) is 0. The lowest BCUT2D eigenvalue weighted by molar-refractivity contribution is 0.0956. The van der Waals surface area contributed by atoms with Crippen LogP contribution in [0.3, 0.4) is 0 Å². The van der Waals surface area contributed by atoms with Crippen LogP contribution in [0.4, 0.5) is 0 Å². The van der Waals surface area contributed by atoms with Crippen LogP contribution in [0, 0.1) is 6.92 Å². The molecule has 0 radical (unpaired) electrons. The largest absolute Gasteiger partial charge is 0.272 e. The highest BCUT2D eigenvalue weighted by Crippen LogP contribution is 2.18. The van der Waals surface area contributed by atoms with Crippen LogP contribution in [0.15, 0.2) is 52.9 Å². The quantitative estimate of drug-likeness (QED) is 0.591. The third-order valence-electron chi connectivity index (χ3n) is 3.29. The van der Waals surface area contributed by atoms with E-state index < -0.39 is 0 Å². The molecular formula is C17H15N3OS. The van der Waals surface area contributed by atoms with Gasteiger partial charge in [-0.2, -0.15) is 5.10 Å². The molecule has 0 aliphatic rings. The van der Waals surface area contributed by atoms with E-state index in [2.05, 4.69) is 15.5 Å². The second kappa shape index (κ2) is 6.07. The number of hydrogen-bond donors (Lipinski definition) is 1. The molecule has 1 N–H and O–H groups in total. The minimum Gasteiger partial charge on any atom is -0.267 e. The predicted octanol–water partition coefficient (Wildman–Crippen LogP) is 3.76. The van der Waals surface area contributed by atoms with Crippen molar-refractivity contribution in [3.63, 3.8) is 0 Å². The Hall–Kier alpha value is -2.53. The Morgan fingerprint density at radius 2 is 2.05 bits per heavy atom. The molecule has 4 nitrogen and oxygen atoms in total. The van der Waals surface area contributed by atoms with E-state index in [0.29, 0.717) is 5.56 Å². The highest BCUT2D eigenvalue weighted by atomic mass is 32.1. The van der Waals surface area contributed by atoms with Crippen molar-refractivity contribution in [2.75, 3.05) is 0 Å². The molecule has 1 aromatic carbocycles. The van der Waals surface area contributed by atoms with E-state index in [1.807, 2.05) is 55.6 Å². The zero-order chi connectivity index (χ0) is 15.5. The first kappa shape index (κ1) is 14.4. The van der Waals surface area contributed by atoms with Gasteiger partial charge in [0, 0.05) is 16.0 Å². The normalized spacial score (nSPS) is 11.6. The van der Waals surface area contributed by atoms with Crippen molar-refractivity contribution in [2.45, 2.75) is 13.8 Å². The van der Waals surface area contributed by atoms with Gasteiger partial charge >= 0.3 is 0 Å². The van der Waals surface area contributed by atoms with E-state index in [9.17, 15) is 4.79 Å². The minimum atomic E-state index is -0.224. The Balaban J connectivity index is 1.91. The van der Waals surface area contributed by atoms with E-state index in [1.54, 1.807) is 17.4 Å². The van der Waals surface area contributed by atoms with Crippen LogP contribution < -0.4 is 5.43 Å². The molecule has 0 bridgehead atoms. The number of nitrogens with zero attached hydrogens (tertiary/aromatic N) is 2. The maximum atomic E-state index is 12.4. The number of amides is 1. The van der Waals surface area contributed by atoms with Crippen molar-refractivity contribution in [1.82, 2.24) is 10.4 Å². The molecular weight excluding hydrogens is 294 g/mol. The molecule has 2 heterocycles. The van der Waals surface area contributed by atoms with Gasteiger partial charge < -0.3 is 0 Å². The third kappa shape index (κ3) is 2.89. The average molecular weight is 309 g/mol. The van der Waals surface area contributed by atoms with Crippen LogP contribution in [-0.2, 0) is 0 Å². The average Bonchev–Trinajstić information content (AvgIpc) is 3.06. The zero-order valence-electron chi connectivity index (χ0n) is 12.3. The minimum absolute atomic E-state index is 0.224. The number of nitrogens with one attached hydrogen (secondary N) is 1. The molecule has 3 rings (SSSR count). The van der Waals surface area contributed by atoms with Crippen LogP contribution in [0.25, 0.3) is 10.9 Å². The van der Waals surface area contributed by atoms with Gasteiger partial charge in [0.15, 0.2) is 0 Å². The summed E-state index contributed by atoms with van der Waals surface area (Å²) in [4.78, 5) is 17.9. The number of aromatic nitrogens is 1. The van der Waals surface area contributed by atoms with Crippen molar-refractivity contribution in [2.24, 2.45) is 5.10 Å². The van der Waals surface area contributed by atoms with Crippen molar-refractivity contribution in [3.8, 4) is 0 Å². The molecule has 0 atom stereocenters. The molecule has 0 aliphatic heterocycles. The van der Waals surface area contributed by atoms with E-state index in [1.165, 1.54) is 0 Å². The standard InChI is InChI=1S/C17H15N3OS/c1-11-10-14(13-6-3-4-7-15(13)18-11)17(21)20-19-12(2)16-8-5-9-22-16/h3-10H,1-2H3,(H,20,21)/b19-12-. The Labute approximate surface area is 132 Å². The highest BCUT2D eigenvalue weighted by Gasteiger charge is 2.11. The van der Waals surface area contributed by atoms with Gasteiger partial charge in [-0.05, 0) is 37.4 Å². The summed E-state index contributed by atoms with van der Waals surface area (Å²) in [7, 11) is 0. The lowest BCUT2D eigenvalue weighted by Crippen LogP contribution is -2.19. The topological polar surface area (TPSA) is 54.4 Å². The molecule has 5 heteroatoms. The lowest BCUT2D eigenvalue weighted by atomic mass is 10.1. The molecule has 1 amide bonds. The number of thiophene rings is 1. The molecule has 0 fully saturated rings. The SMILES string of the molecule is C/C(=N/NC(=O)c1cc(C)nc2ccccc12)c1cccs1. The van der Waals surface area contributed by atoms with Crippen LogP contribution in [0.1, 0.15) is 27.9 Å². The summed E-state index contributed by atoms with van der Waals surface area (Å²) in [5, 5.41) is 7.00. The van der Waals surface area contributed by atoms with Crippen molar-refractivity contribution >= 4 is 33.9 Å². The number of carbonyl (C=O) groups excluding carboxylic acids is 1. The molecule has 2 aromatic heterocycles. The molecule has 0 saturated heterocycles. The number of pyridine rings is 1. The third-order valence-corrected chi connectivity index (χ3v) is 4.27. The van der Waals surface area contributed by atoms with Crippen LogP contribution >= 0.6 is 11.3 Å². The summed E-state index contributed by atoms with van der Waals surface area (Å²) in [5.41, 5.74) is 5.63. The van der Waals surface area contributed by atoms with Gasteiger partial charge in [-0.1, -0.05) is 24.3 Å². The molecule has 3 aromatic rings. The van der Waals surface area contributed by atoms with Crippen molar-refractivity contribution in [1.29, 1.82) is 0 Å². The van der Waals surface area contributed by atoms with Crippen LogP contribution in [-0.4, -0.2) is 16.6 Å². The van der Waals surface area contributed by atoms with Crippen molar-refractivity contribution < 1.29 is 4.79 Å². The Bertz CT molecular complexity index is 853. The summed E-state index contributed by atoms with van der Waals surface area (Å²) < 4.78 is 0. The van der Waals surface area contributed by atoms with Gasteiger partial charge in [-0.3, -0.25) is 9.78 Å². The lowest BCUT2D eigenvalue weighted by Gasteiger charge is -2.07. The first-order valence-electron chi connectivity index (χ1n) is 6.90. The Morgan fingerprint density at radius 3 is 2.82 bits per heavy atom. The predicted molar refractivity (Wildman–Crippen MR) is 90.5 cm³/mol. The van der Waals surface area contributed by atoms with Gasteiger partial charge in [-0.15, -0.1) is 11.3 Å². The number of aryl methyl sites for hydroxylation is 1. The molecule has 0 unspecified atom stereocenters. The first-order chi connectivity index (χ1) is 10.6. The molecule has 0 spiro atoms. The zero-order valence-corrected chi connectivity index (χ0v) is 13.1. The summed E-state index contributed by atoms with van der Waals surface area (Å²) in [5.74, 6) is -0.224. The van der Waals surface area contributed by atoms with Gasteiger partial charge in [0.25, 0.3) is 5.91 Å². The van der Waals surface area contributed by atoms with E-state index in [4.69, 9.17) is 0 Å². The number of fused-ring (bicyclic) bond motifs is 1. The Morgan fingerprint density at radius 1 is 1.23 bits per heavy atom. The number of carbonyl (C=O) groups is 1. The fourth-order valence-corrected chi connectivity index (χ4v) is 2.91. The number of rotatable bonds is 3. The second-order valence-corrected chi connectivity index (χ2v) is 5.89. The van der Waals surface area contributed by atoms with Gasteiger partial charge in [0.2, 0.25) is 0 Å². The number of benzene rings is 1. The van der Waals surface area contributed by atoms with Gasteiger partial charge in [0.1, 0.15) is 0 Å². The van der Waals surface area contributed by atoms with E-state index in [0.717, 1.165) is 27.2 Å². The summed E-state index contributed by atoms with van der Waals surface area (Å²) in [6.45, 7) is 3.76. The van der Waals surface area contributed by atoms with Gasteiger partial charge in [0.05, 0.1) is 16.8 Å². The maximum absolute atomic E-state index is 12.4. The summed E-state index contributed by atoms with van der Waals surface area (Å²) >= 11 is 1.59. The summed E-state index contributed by atoms with van der Waals surface area (Å²) in [6, 6.07) is 13.3. The maximum Gasteiger partial charge on any atom is 0.272 e. The smallest absolute Gasteiger partial charge is 0.267 e. The van der Waals surface area contributed by atoms with Crippen LogP contribution in [0.2, 0.25) is 0 Å². The number of para-hydroxylation sites is 1.